The smallest absolute Gasteiger partial charge is 0.270 e. The largest absolute Gasteiger partial charge is 0.378 e. The Balaban J connectivity index is 1.61. The Bertz CT molecular complexity index is 843. The third-order valence-corrected chi connectivity index (χ3v) is 5.30. The first-order valence-corrected chi connectivity index (χ1v) is 9.37. The molecule has 0 spiro atoms. The Labute approximate surface area is 153 Å². The summed E-state index contributed by atoms with van der Waals surface area (Å²) in [6.07, 6.45) is 2.28. The fourth-order valence-electron chi connectivity index (χ4n) is 2.97. The van der Waals surface area contributed by atoms with E-state index in [4.69, 9.17) is 4.74 Å². The third-order valence-electron chi connectivity index (χ3n) is 4.53. The molecule has 2 aliphatic rings. The minimum absolute atomic E-state index is 0.107. The van der Waals surface area contributed by atoms with Crippen molar-refractivity contribution in [2.75, 3.05) is 36.5 Å². The first kappa shape index (κ1) is 16.9. The van der Waals surface area contributed by atoms with Gasteiger partial charge in [0.15, 0.2) is 5.13 Å². The molecule has 26 heavy (non-hydrogen) atoms. The van der Waals surface area contributed by atoms with E-state index in [-0.39, 0.29) is 17.2 Å². The van der Waals surface area contributed by atoms with Crippen LogP contribution in [0.5, 0.6) is 0 Å². The van der Waals surface area contributed by atoms with E-state index in [0.29, 0.717) is 43.0 Å². The van der Waals surface area contributed by atoms with Gasteiger partial charge in [-0.1, -0.05) is 0 Å². The van der Waals surface area contributed by atoms with Gasteiger partial charge in [0.05, 0.1) is 35.1 Å². The molecular formula is C17H18N4O4S. The lowest BCUT2D eigenvalue weighted by molar-refractivity contribution is -0.384. The molecule has 2 fully saturated rings. The molecule has 1 aliphatic carbocycles. The number of nitrogens with zero attached hydrogens (tertiary/aromatic N) is 3. The third kappa shape index (κ3) is 3.54. The zero-order valence-electron chi connectivity index (χ0n) is 14.0. The van der Waals surface area contributed by atoms with Crippen molar-refractivity contribution in [3.63, 3.8) is 0 Å². The van der Waals surface area contributed by atoms with Crippen LogP contribution in [0.2, 0.25) is 0 Å². The number of carbonyl (C=O) groups excluding carboxylic acids is 1. The van der Waals surface area contributed by atoms with Gasteiger partial charge in [-0.05, 0) is 18.9 Å². The normalized spacial score (nSPS) is 17.2. The lowest BCUT2D eigenvalue weighted by atomic mass is 10.1. The number of benzene rings is 1. The molecule has 1 aromatic heterocycles. The number of hydrogen-bond donors (Lipinski definition) is 1. The van der Waals surface area contributed by atoms with Gasteiger partial charge in [-0.3, -0.25) is 20.2 Å². The zero-order valence-corrected chi connectivity index (χ0v) is 14.8. The Hall–Kier alpha value is -2.52. The fraction of sp³-hybridized carbons (Fsp3) is 0.412. The van der Waals surface area contributed by atoms with Crippen molar-refractivity contribution in [2.24, 2.45) is 0 Å². The van der Waals surface area contributed by atoms with E-state index in [1.54, 1.807) is 6.07 Å². The predicted octanol–water partition coefficient (Wildman–Crippen LogP) is 3.02. The zero-order chi connectivity index (χ0) is 18.1. The molecule has 2 heterocycles. The van der Waals surface area contributed by atoms with Crippen molar-refractivity contribution in [3.8, 4) is 0 Å². The van der Waals surface area contributed by atoms with Crippen LogP contribution in [0.4, 0.5) is 16.5 Å². The minimum Gasteiger partial charge on any atom is -0.378 e. The molecule has 0 unspecified atom stereocenters. The van der Waals surface area contributed by atoms with Crippen molar-refractivity contribution >= 4 is 33.8 Å². The number of rotatable bonds is 5. The van der Waals surface area contributed by atoms with Gasteiger partial charge in [-0.15, -0.1) is 11.3 Å². The summed E-state index contributed by atoms with van der Waals surface area (Å²) in [5, 5.41) is 16.4. The van der Waals surface area contributed by atoms with E-state index in [9.17, 15) is 14.9 Å². The van der Waals surface area contributed by atoms with Crippen LogP contribution in [0.25, 0.3) is 0 Å². The maximum atomic E-state index is 12.8. The van der Waals surface area contributed by atoms with E-state index < -0.39 is 4.92 Å². The van der Waals surface area contributed by atoms with Gasteiger partial charge in [-0.2, -0.15) is 0 Å². The number of thiazole rings is 1. The number of hydrogen-bond acceptors (Lipinski definition) is 7. The molecule has 1 N–H and O–H groups in total. The van der Waals surface area contributed by atoms with E-state index in [1.165, 1.54) is 23.5 Å². The number of ether oxygens (including phenoxy) is 1. The number of nitro groups is 1. The van der Waals surface area contributed by atoms with Crippen molar-refractivity contribution in [2.45, 2.75) is 18.8 Å². The first-order chi connectivity index (χ1) is 12.6. The molecule has 0 radical (unpaired) electrons. The summed E-state index contributed by atoms with van der Waals surface area (Å²) < 4.78 is 5.35. The van der Waals surface area contributed by atoms with Crippen LogP contribution in [-0.4, -0.2) is 42.1 Å². The van der Waals surface area contributed by atoms with Gasteiger partial charge in [-0.25, -0.2) is 4.98 Å². The van der Waals surface area contributed by atoms with E-state index in [2.05, 4.69) is 10.3 Å². The van der Waals surface area contributed by atoms with Gasteiger partial charge < -0.3 is 9.64 Å². The van der Waals surface area contributed by atoms with Gasteiger partial charge >= 0.3 is 0 Å². The average Bonchev–Trinajstić information content (AvgIpc) is 3.41. The second-order valence-corrected chi connectivity index (χ2v) is 7.22. The highest BCUT2D eigenvalue weighted by molar-refractivity contribution is 7.14. The number of nitrogens with one attached hydrogen (secondary N) is 1. The number of non-ortho nitro benzene ring substituents is 1. The summed E-state index contributed by atoms with van der Waals surface area (Å²) in [5.74, 6) is 0.130. The van der Waals surface area contributed by atoms with E-state index >= 15 is 0 Å². The first-order valence-electron chi connectivity index (χ1n) is 8.50. The molecule has 0 atom stereocenters. The molecule has 1 amide bonds. The van der Waals surface area contributed by atoms with Crippen LogP contribution in [-0.2, 0) is 4.74 Å². The Morgan fingerprint density at radius 1 is 1.35 bits per heavy atom. The second kappa shape index (κ2) is 7.00. The standard InChI is InChI=1S/C17H18N4O4S/c22-16(19-17-18-14(10-26-17)11-1-2-11)13-9-12(21(23)24)3-4-15(13)20-5-7-25-8-6-20/h3-4,9-11H,1-2,5-8H2,(H,18,19,22). The molecular weight excluding hydrogens is 356 g/mol. The van der Waals surface area contributed by atoms with Crippen molar-refractivity contribution in [1.29, 1.82) is 0 Å². The number of morpholine rings is 1. The van der Waals surface area contributed by atoms with E-state index in [0.717, 1.165) is 18.5 Å². The van der Waals surface area contributed by atoms with Crippen molar-refractivity contribution in [1.82, 2.24) is 4.98 Å². The van der Waals surface area contributed by atoms with Gasteiger partial charge in [0, 0.05) is 36.5 Å². The topological polar surface area (TPSA) is 97.6 Å². The average molecular weight is 374 g/mol. The van der Waals surface area contributed by atoms with Crippen molar-refractivity contribution in [3.05, 3.63) is 45.0 Å². The molecule has 1 aliphatic heterocycles. The predicted molar refractivity (Wildman–Crippen MR) is 98.2 cm³/mol. The number of amides is 1. The maximum absolute atomic E-state index is 12.8. The molecule has 8 nitrogen and oxygen atoms in total. The monoisotopic (exact) mass is 374 g/mol. The number of carbonyl (C=O) groups is 1. The maximum Gasteiger partial charge on any atom is 0.270 e. The molecule has 9 heteroatoms. The SMILES string of the molecule is O=C(Nc1nc(C2CC2)cs1)c1cc([N+](=O)[O-])ccc1N1CCOCC1. The summed E-state index contributed by atoms with van der Waals surface area (Å²) in [5.41, 5.74) is 1.86. The molecule has 2 aromatic rings. The van der Waals surface area contributed by atoms with Gasteiger partial charge in [0.25, 0.3) is 11.6 Å². The van der Waals surface area contributed by atoms with Crippen molar-refractivity contribution < 1.29 is 14.5 Å². The fourth-order valence-corrected chi connectivity index (χ4v) is 3.76. The number of nitro benzene ring substituents is 1. The minimum atomic E-state index is -0.492. The molecule has 136 valence electrons. The highest BCUT2D eigenvalue weighted by Gasteiger charge is 2.27. The number of aromatic nitrogens is 1. The van der Waals surface area contributed by atoms with E-state index in [1.807, 2.05) is 10.3 Å². The van der Waals surface area contributed by atoms with Crippen LogP contribution in [0.1, 0.15) is 34.8 Å². The second-order valence-electron chi connectivity index (χ2n) is 6.36. The Morgan fingerprint density at radius 2 is 2.12 bits per heavy atom. The summed E-state index contributed by atoms with van der Waals surface area (Å²) in [6.45, 7) is 2.41. The summed E-state index contributed by atoms with van der Waals surface area (Å²) in [7, 11) is 0. The summed E-state index contributed by atoms with van der Waals surface area (Å²) in [6, 6.07) is 4.39. The highest BCUT2D eigenvalue weighted by atomic mass is 32.1. The molecule has 0 bridgehead atoms. The molecule has 4 rings (SSSR count). The van der Waals surface area contributed by atoms with Crippen LogP contribution in [0.15, 0.2) is 23.6 Å². The molecule has 1 saturated carbocycles. The van der Waals surface area contributed by atoms with Crippen LogP contribution in [0, 0.1) is 10.1 Å². The molecule has 1 aromatic carbocycles. The van der Waals surface area contributed by atoms with Crippen LogP contribution < -0.4 is 10.2 Å². The quantitative estimate of drug-likeness (QED) is 0.638. The van der Waals surface area contributed by atoms with Gasteiger partial charge in [0.1, 0.15) is 0 Å². The lowest BCUT2D eigenvalue weighted by Crippen LogP contribution is -2.37. The van der Waals surface area contributed by atoms with Crippen LogP contribution in [0.3, 0.4) is 0 Å². The summed E-state index contributed by atoms with van der Waals surface area (Å²) in [4.78, 5) is 29.9. The highest BCUT2D eigenvalue weighted by Crippen LogP contribution is 2.41. The van der Waals surface area contributed by atoms with Crippen LogP contribution >= 0.6 is 11.3 Å². The lowest BCUT2D eigenvalue weighted by Gasteiger charge is -2.30. The molecule has 1 saturated heterocycles. The summed E-state index contributed by atoms with van der Waals surface area (Å²) >= 11 is 1.38. The Morgan fingerprint density at radius 3 is 2.81 bits per heavy atom. The van der Waals surface area contributed by atoms with Gasteiger partial charge in [0.2, 0.25) is 0 Å². The number of anilines is 2. The Kier molecular flexibility index (Phi) is 4.56.